The third-order valence-corrected chi connectivity index (χ3v) is 4.35. The van der Waals surface area contributed by atoms with Crippen LogP contribution in [0.5, 0.6) is 0 Å². The van der Waals surface area contributed by atoms with Crippen LogP contribution >= 0.6 is 0 Å². The van der Waals surface area contributed by atoms with Gasteiger partial charge in [-0.1, -0.05) is 19.8 Å². The van der Waals surface area contributed by atoms with Crippen LogP contribution in [0, 0.1) is 0 Å². The summed E-state index contributed by atoms with van der Waals surface area (Å²) in [4.78, 5) is 0. The third kappa shape index (κ3) is 6.82. The lowest BCUT2D eigenvalue weighted by Crippen LogP contribution is -2.33. The highest BCUT2D eigenvalue weighted by molar-refractivity contribution is 6.71. The zero-order valence-corrected chi connectivity index (χ0v) is 9.76. The van der Waals surface area contributed by atoms with E-state index >= 15 is 0 Å². The first-order chi connectivity index (χ1) is 5.48. The lowest BCUT2D eigenvalue weighted by Gasteiger charge is -2.23. The second-order valence-electron chi connectivity index (χ2n) is 4.02. The Hall–Kier alpha value is 0.137. The Balaban J connectivity index is 3.56. The van der Waals surface area contributed by atoms with Crippen molar-refractivity contribution < 1.29 is 9.53 Å². The van der Waals surface area contributed by atoms with Gasteiger partial charge in [0.1, 0.15) is 0 Å². The largest absolute Gasteiger partial charge is 0.415 e. The maximum Gasteiger partial charge on any atom is 0.186 e. The highest BCUT2D eigenvalue weighted by Gasteiger charge is 2.21. The molecule has 0 bridgehead atoms. The molecule has 1 N–H and O–H groups in total. The molecule has 1 atom stereocenters. The lowest BCUT2D eigenvalue weighted by atomic mass is 10.4. The van der Waals surface area contributed by atoms with Gasteiger partial charge >= 0.3 is 0 Å². The van der Waals surface area contributed by atoms with Crippen LogP contribution in [-0.2, 0) is 4.43 Å². The molecule has 0 saturated carbocycles. The van der Waals surface area contributed by atoms with E-state index in [-0.39, 0.29) is 6.10 Å². The number of unbranched alkanes of at least 4 members (excludes halogenated alkanes) is 1. The molecule has 0 fully saturated rings. The summed E-state index contributed by atoms with van der Waals surface area (Å²) < 4.78 is 5.68. The fourth-order valence-corrected chi connectivity index (χ4v) is 3.06. The molecule has 3 heteroatoms. The standard InChI is InChI=1S/C9H22O2Si/c1-5-6-7-12(3,4)11-8-9(2)10/h9-10H,5-8H2,1-4H3/t9-/m1/s1. The van der Waals surface area contributed by atoms with E-state index in [0.717, 1.165) is 0 Å². The average molecular weight is 190 g/mol. The Labute approximate surface area is 77.1 Å². The van der Waals surface area contributed by atoms with E-state index in [1.54, 1.807) is 6.92 Å². The normalized spacial score (nSPS) is 14.8. The molecule has 0 aromatic rings. The molecule has 0 aromatic carbocycles. The van der Waals surface area contributed by atoms with Gasteiger partial charge in [-0.25, -0.2) is 0 Å². The van der Waals surface area contributed by atoms with Crippen molar-refractivity contribution in [3.8, 4) is 0 Å². The van der Waals surface area contributed by atoms with Gasteiger partial charge in [0.2, 0.25) is 0 Å². The first-order valence-corrected chi connectivity index (χ1v) is 7.91. The molecular weight excluding hydrogens is 168 g/mol. The average Bonchev–Trinajstić information content (AvgIpc) is 1.98. The van der Waals surface area contributed by atoms with Crippen LogP contribution in [0.25, 0.3) is 0 Å². The molecule has 0 spiro atoms. The topological polar surface area (TPSA) is 29.5 Å². The maximum absolute atomic E-state index is 9.04. The first kappa shape index (κ1) is 12.1. The van der Waals surface area contributed by atoms with Crippen molar-refractivity contribution in [2.24, 2.45) is 0 Å². The van der Waals surface area contributed by atoms with Crippen molar-refractivity contribution in [3.63, 3.8) is 0 Å². The number of hydrogen-bond acceptors (Lipinski definition) is 2. The summed E-state index contributed by atoms with van der Waals surface area (Å²) in [5, 5.41) is 9.04. The summed E-state index contributed by atoms with van der Waals surface area (Å²) in [6.07, 6.45) is 2.16. The van der Waals surface area contributed by atoms with Gasteiger partial charge in [-0.2, -0.15) is 0 Å². The van der Waals surface area contributed by atoms with E-state index in [0.29, 0.717) is 6.61 Å². The molecule has 0 unspecified atom stereocenters. The third-order valence-electron chi connectivity index (χ3n) is 1.85. The van der Waals surface area contributed by atoms with E-state index in [2.05, 4.69) is 20.0 Å². The van der Waals surface area contributed by atoms with E-state index in [1.165, 1.54) is 18.9 Å². The number of hydrogen-bond donors (Lipinski definition) is 1. The van der Waals surface area contributed by atoms with Gasteiger partial charge in [-0.3, -0.25) is 0 Å². The van der Waals surface area contributed by atoms with Gasteiger partial charge in [-0.05, 0) is 26.1 Å². The second kappa shape index (κ2) is 5.73. The quantitative estimate of drug-likeness (QED) is 0.652. The van der Waals surface area contributed by atoms with Crippen LogP contribution in [0.1, 0.15) is 26.7 Å². The van der Waals surface area contributed by atoms with Gasteiger partial charge in [0, 0.05) is 0 Å². The summed E-state index contributed by atoms with van der Waals surface area (Å²) in [5.41, 5.74) is 0. The zero-order valence-electron chi connectivity index (χ0n) is 8.76. The Morgan fingerprint density at radius 2 is 2.00 bits per heavy atom. The highest BCUT2D eigenvalue weighted by Crippen LogP contribution is 2.14. The number of rotatable bonds is 6. The molecule has 2 nitrogen and oxygen atoms in total. The van der Waals surface area contributed by atoms with E-state index < -0.39 is 8.32 Å². The molecule has 0 radical (unpaired) electrons. The fraction of sp³-hybridized carbons (Fsp3) is 1.00. The Kier molecular flexibility index (Phi) is 5.79. The smallest absolute Gasteiger partial charge is 0.186 e. The minimum atomic E-state index is -1.45. The van der Waals surface area contributed by atoms with Crippen molar-refractivity contribution in [1.29, 1.82) is 0 Å². The van der Waals surface area contributed by atoms with Gasteiger partial charge in [0.15, 0.2) is 8.32 Å². The molecule has 0 amide bonds. The fourth-order valence-electron chi connectivity index (χ4n) is 1.02. The second-order valence-corrected chi connectivity index (χ2v) is 8.33. The molecule has 0 aliphatic heterocycles. The summed E-state index contributed by atoms with van der Waals surface area (Å²) in [6, 6.07) is 1.20. The van der Waals surface area contributed by atoms with Crippen molar-refractivity contribution >= 4 is 8.32 Å². The Morgan fingerprint density at radius 3 is 2.42 bits per heavy atom. The number of aliphatic hydroxyl groups is 1. The Bertz CT molecular complexity index is 113. The summed E-state index contributed by atoms with van der Waals surface area (Å²) in [7, 11) is -1.45. The molecule has 0 aliphatic carbocycles. The van der Waals surface area contributed by atoms with Crippen molar-refractivity contribution in [3.05, 3.63) is 0 Å². The number of aliphatic hydroxyl groups excluding tert-OH is 1. The summed E-state index contributed by atoms with van der Waals surface area (Å²) in [6.45, 7) is 8.89. The van der Waals surface area contributed by atoms with Crippen LogP contribution in [0.4, 0.5) is 0 Å². The van der Waals surface area contributed by atoms with Gasteiger partial charge in [-0.15, -0.1) is 0 Å². The Morgan fingerprint density at radius 1 is 1.42 bits per heavy atom. The highest BCUT2D eigenvalue weighted by atomic mass is 28.4. The zero-order chi connectivity index (χ0) is 9.61. The minimum absolute atomic E-state index is 0.321. The van der Waals surface area contributed by atoms with E-state index in [9.17, 15) is 0 Å². The van der Waals surface area contributed by atoms with Crippen LogP contribution in [0.2, 0.25) is 19.1 Å². The van der Waals surface area contributed by atoms with Crippen molar-refractivity contribution in [2.45, 2.75) is 51.9 Å². The van der Waals surface area contributed by atoms with Crippen LogP contribution < -0.4 is 0 Å². The monoisotopic (exact) mass is 190 g/mol. The van der Waals surface area contributed by atoms with Gasteiger partial charge in [0.25, 0.3) is 0 Å². The van der Waals surface area contributed by atoms with Crippen molar-refractivity contribution in [1.82, 2.24) is 0 Å². The van der Waals surface area contributed by atoms with E-state index in [4.69, 9.17) is 9.53 Å². The maximum atomic E-state index is 9.04. The lowest BCUT2D eigenvalue weighted by molar-refractivity contribution is 0.118. The first-order valence-electron chi connectivity index (χ1n) is 4.80. The summed E-state index contributed by atoms with van der Waals surface area (Å²) in [5.74, 6) is 0. The van der Waals surface area contributed by atoms with Crippen molar-refractivity contribution in [2.75, 3.05) is 6.61 Å². The molecule has 0 aliphatic rings. The van der Waals surface area contributed by atoms with E-state index in [1.807, 2.05) is 0 Å². The molecule has 0 heterocycles. The predicted octanol–water partition coefficient (Wildman–Crippen LogP) is 2.39. The minimum Gasteiger partial charge on any atom is -0.415 e. The van der Waals surface area contributed by atoms with Crippen LogP contribution in [0.3, 0.4) is 0 Å². The van der Waals surface area contributed by atoms with Crippen LogP contribution in [0.15, 0.2) is 0 Å². The molecule has 0 rings (SSSR count). The predicted molar refractivity (Wildman–Crippen MR) is 54.8 cm³/mol. The summed E-state index contributed by atoms with van der Waals surface area (Å²) >= 11 is 0. The molecular formula is C9H22O2Si. The molecule has 0 saturated heterocycles. The molecule has 74 valence electrons. The van der Waals surface area contributed by atoms with Gasteiger partial charge in [0.05, 0.1) is 12.7 Å². The van der Waals surface area contributed by atoms with Gasteiger partial charge < -0.3 is 9.53 Å². The molecule has 0 aromatic heterocycles. The van der Waals surface area contributed by atoms with Crippen LogP contribution in [-0.4, -0.2) is 26.1 Å². The molecule has 12 heavy (non-hydrogen) atoms. The SMILES string of the molecule is CCCC[Si](C)(C)OC[C@@H](C)O.